The number of sulfonamides is 1. The van der Waals surface area contributed by atoms with Crippen molar-refractivity contribution in [2.45, 2.75) is 4.90 Å². The monoisotopic (exact) mass is 381 g/mol. The number of nitrogens with one attached hydrogen (secondary N) is 2. The Morgan fingerprint density at radius 3 is 2.38 bits per heavy atom. The van der Waals surface area contributed by atoms with Crippen LogP contribution in [0.4, 0.5) is 17.1 Å². The van der Waals surface area contributed by atoms with Gasteiger partial charge in [-0.15, -0.1) is 0 Å². The summed E-state index contributed by atoms with van der Waals surface area (Å²) in [6.07, 6.45) is 0. The first-order chi connectivity index (χ1) is 12.4. The highest BCUT2D eigenvalue weighted by molar-refractivity contribution is 7.89. The van der Waals surface area contributed by atoms with Crippen LogP contribution in [0.1, 0.15) is 0 Å². The zero-order valence-electron chi connectivity index (χ0n) is 14.3. The normalized spacial score (nSPS) is 11.2. The Morgan fingerprint density at radius 2 is 1.81 bits per heavy atom. The molecule has 0 aliphatic carbocycles. The summed E-state index contributed by atoms with van der Waals surface area (Å²) in [6.45, 7) is 0.879. The van der Waals surface area contributed by atoms with Gasteiger partial charge in [-0.05, 0) is 43.4 Å². The van der Waals surface area contributed by atoms with E-state index in [1.165, 1.54) is 19.2 Å². The van der Waals surface area contributed by atoms with E-state index in [4.69, 9.17) is 9.47 Å². The number of hydrogen-bond acceptors (Lipinski definition) is 7. The van der Waals surface area contributed by atoms with Gasteiger partial charge in [-0.2, -0.15) is 0 Å². The molecular weight excluding hydrogens is 362 g/mol. The van der Waals surface area contributed by atoms with Crippen LogP contribution in [-0.2, 0) is 14.8 Å². The first kappa shape index (κ1) is 19.6. The molecule has 0 radical (unpaired) electrons. The van der Waals surface area contributed by atoms with Crippen molar-refractivity contribution in [3.8, 4) is 5.75 Å². The van der Waals surface area contributed by atoms with Crippen molar-refractivity contribution in [2.24, 2.45) is 0 Å². The second kappa shape index (κ2) is 8.61. The van der Waals surface area contributed by atoms with Gasteiger partial charge in [-0.3, -0.25) is 10.1 Å². The van der Waals surface area contributed by atoms with Crippen LogP contribution in [0.25, 0.3) is 0 Å². The minimum atomic E-state index is -3.77. The van der Waals surface area contributed by atoms with Crippen LogP contribution in [0.3, 0.4) is 0 Å². The van der Waals surface area contributed by atoms with Gasteiger partial charge in [0.2, 0.25) is 10.0 Å². The fraction of sp³-hybridized carbons (Fsp3) is 0.250. The van der Waals surface area contributed by atoms with Crippen molar-refractivity contribution in [1.29, 1.82) is 0 Å². The number of ether oxygens (including phenoxy) is 2. The topological polar surface area (TPSA) is 120 Å². The van der Waals surface area contributed by atoms with Crippen LogP contribution in [0.2, 0.25) is 0 Å². The minimum Gasteiger partial charge on any atom is -0.491 e. The second-order valence-electron chi connectivity index (χ2n) is 5.13. The lowest BCUT2D eigenvalue weighted by Crippen LogP contribution is -2.18. The standard InChI is InChI=1S/C16H19N3O6S/c1-17-26(22,23)14-7-8-15(16(11-14)19(20)21)18-12-3-5-13(6-4-12)25-10-9-24-2/h3-8,11,17-18H,9-10H2,1-2H3. The van der Waals surface area contributed by atoms with Crippen molar-refractivity contribution in [1.82, 2.24) is 4.72 Å². The molecule has 2 rings (SSSR count). The Hall–Kier alpha value is -2.69. The molecule has 0 spiro atoms. The van der Waals surface area contributed by atoms with Crippen molar-refractivity contribution in [3.63, 3.8) is 0 Å². The number of benzene rings is 2. The van der Waals surface area contributed by atoms with Crippen LogP contribution in [-0.4, -0.2) is 40.7 Å². The van der Waals surface area contributed by atoms with E-state index in [9.17, 15) is 18.5 Å². The molecule has 0 amide bonds. The Kier molecular flexibility index (Phi) is 6.50. The molecule has 2 aromatic carbocycles. The zero-order chi connectivity index (χ0) is 19.2. The van der Waals surface area contributed by atoms with Crippen molar-refractivity contribution in [3.05, 3.63) is 52.6 Å². The Labute approximate surface area is 151 Å². The number of nitro groups is 1. The smallest absolute Gasteiger partial charge is 0.294 e. The number of rotatable bonds is 9. The molecule has 26 heavy (non-hydrogen) atoms. The van der Waals surface area contributed by atoms with Gasteiger partial charge in [-0.1, -0.05) is 0 Å². The van der Waals surface area contributed by atoms with Crippen LogP contribution in [0.15, 0.2) is 47.4 Å². The molecule has 0 bridgehead atoms. The maximum Gasteiger partial charge on any atom is 0.294 e. The van der Waals surface area contributed by atoms with Crippen LogP contribution < -0.4 is 14.8 Å². The molecule has 2 aromatic rings. The maximum atomic E-state index is 11.8. The lowest BCUT2D eigenvalue weighted by Gasteiger charge is -2.10. The van der Waals surface area contributed by atoms with Crippen molar-refractivity contribution in [2.75, 3.05) is 32.7 Å². The summed E-state index contributed by atoms with van der Waals surface area (Å²) in [6, 6.07) is 10.5. The van der Waals surface area contributed by atoms with E-state index in [1.807, 2.05) is 0 Å². The summed E-state index contributed by atoms with van der Waals surface area (Å²) in [5.74, 6) is 0.637. The lowest BCUT2D eigenvalue weighted by atomic mass is 10.2. The summed E-state index contributed by atoms with van der Waals surface area (Å²) >= 11 is 0. The summed E-state index contributed by atoms with van der Waals surface area (Å²) in [5, 5.41) is 14.2. The van der Waals surface area contributed by atoms with Crippen molar-refractivity contribution >= 4 is 27.1 Å². The number of nitro benzene ring substituents is 1. The van der Waals surface area contributed by atoms with Gasteiger partial charge in [0.25, 0.3) is 5.69 Å². The van der Waals surface area contributed by atoms with Gasteiger partial charge in [0, 0.05) is 18.9 Å². The van der Waals surface area contributed by atoms with Gasteiger partial charge < -0.3 is 14.8 Å². The quantitative estimate of drug-likeness (QED) is 0.388. The van der Waals surface area contributed by atoms with E-state index in [2.05, 4.69) is 10.0 Å². The number of hydrogen-bond donors (Lipinski definition) is 2. The molecular formula is C16H19N3O6S. The Morgan fingerprint density at radius 1 is 1.12 bits per heavy atom. The van der Waals surface area contributed by atoms with Gasteiger partial charge in [-0.25, -0.2) is 13.1 Å². The first-order valence-corrected chi connectivity index (χ1v) is 9.06. The average Bonchev–Trinajstić information content (AvgIpc) is 2.63. The number of methoxy groups -OCH3 is 1. The van der Waals surface area contributed by atoms with Gasteiger partial charge >= 0.3 is 0 Å². The molecule has 0 heterocycles. The largest absolute Gasteiger partial charge is 0.491 e. The van der Waals surface area contributed by atoms with Gasteiger partial charge in [0.15, 0.2) is 0 Å². The molecule has 0 saturated heterocycles. The average molecular weight is 381 g/mol. The fourth-order valence-corrected chi connectivity index (χ4v) is 2.84. The van der Waals surface area contributed by atoms with E-state index in [0.29, 0.717) is 24.7 Å². The lowest BCUT2D eigenvalue weighted by molar-refractivity contribution is -0.384. The van der Waals surface area contributed by atoms with Crippen molar-refractivity contribution < 1.29 is 22.8 Å². The molecule has 140 valence electrons. The maximum absolute atomic E-state index is 11.8. The summed E-state index contributed by atoms with van der Waals surface area (Å²) in [7, 11) is -0.950. The van der Waals surface area contributed by atoms with Crippen LogP contribution in [0.5, 0.6) is 5.75 Å². The van der Waals surface area contributed by atoms with E-state index in [-0.39, 0.29) is 16.3 Å². The minimum absolute atomic E-state index is 0.179. The number of nitrogens with zero attached hydrogens (tertiary/aromatic N) is 1. The second-order valence-corrected chi connectivity index (χ2v) is 7.02. The molecule has 0 aromatic heterocycles. The predicted molar refractivity (Wildman–Crippen MR) is 96.4 cm³/mol. The molecule has 2 N–H and O–H groups in total. The SMILES string of the molecule is CNS(=O)(=O)c1ccc(Nc2ccc(OCCOC)cc2)c([N+](=O)[O-])c1. The fourth-order valence-electron chi connectivity index (χ4n) is 2.09. The summed E-state index contributed by atoms with van der Waals surface area (Å²) in [4.78, 5) is 10.5. The molecule has 9 nitrogen and oxygen atoms in total. The summed E-state index contributed by atoms with van der Waals surface area (Å²) < 4.78 is 36.1. The Bertz CT molecular complexity index is 868. The van der Waals surface area contributed by atoms with Crippen LogP contribution >= 0.6 is 0 Å². The molecule has 10 heteroatoms. The highest BCUT2D eigenvalue weighted by atomic mass is 32.2. The first-order valence-electron chi connectivity index (χ1n) is 7.58. The Balaban J connectivity index is 2.22. The highest BCUT2D eigenvalue weighted by Crippen LogP contribution is 2.30. The van der Waals surface area contributed by atoms with E-state index in [1.54, 1.807) is 31.4 Å². The van der Waals surface area contributed by atoms with Gasteiger partial charge in [0.05, 0.1) is 16.4 Å². The van der Waals surface area contributed by atoms with E-state index >= 15 is 0 Å². The third kappa shape index (κ3) is 4.91. The predicted octanol–water partition coefficient (Wildman–Crippen LogP) is 2.27. The molecule has 0 atom stereocenters. The summed E-state index contributed by atoms with van der Waals surface area (Å²) in [5.41, 5.74) is 0.427. The third-order valence-corrected chi connectivity index (χ3v) is 4.85. The molecule has 0 aliphatic rings. The van der Waals surface area contributed by atoms with E-state index in [0.717, 1.165) is 6.07 Å². The number of anilines is 2. The van der Waals surface area contributed by atoms with Crippen LogP contribution in [0, 0.1) is 10.1 Å². The molecule has 0 unspecified atom stereocenters. The highest BCUT2D eigenvalue weighted by Gasteiger charge is 2.20. The molecule has 0 aliphatic heterocycles. The third-order valence-electron chi connectivity index (χ3n) is 3.43. The van der Waals surface area contributed by atoms with Gasteiger partial charge in [0.1, 0.15) is 18.0 Å². The zero-order valence-corrected chi connectivity index (χ0v) is 15.1. The molecule has 0 saturated carbocycles. The molecule has 0 fully saturated rings. The van der Waals surface area contributed by atoms with E-state index < -0.39 is 14.9 Å².